The second-order valence-corrected chi connectivity index (χ2v) is 3.63. The average Bonchev–Trinajstić information content (AvgIpc) is 2.51. The summed E-state index contributed by atoms with van der Waals surface area (Å²) < 4.78 is 6.73. The largest absolute Gasteiger partial charge is 0.419 e. The summed E-state index contributed by atoms with van der Waals surface area (Å²) in [5.74, 6) is -0.311. The molecular formula is C11H14N2O2. The maximum atomic E-state index is 11.4. The Kier molecular flexibility index (Phi) is 2.36. The molecule has 80 valence electrons. The van der Waals surface area contributed by atoms with E-state index in [9.17, 15) is 4.79 Å². The number of aryl methyl sites for hydroxylation is 1. The molecule has 15 heavy (non-hydrogen) atoms. The molecule has 0 aliphatic carbocycles. The highest BCUT2D eigenvalue weighted by Crippen LogP contribution is 2.18. The van der Waals surface area contributed by atoms with E-state index in [1.54, 1.807) is 4.57 Å². The van der Waals surface area contributed by atoms with E-state index in [-0.39, 0.29) is 11.8 Å². The Morgan fingerprint density at radius 2 is 2.27 bits per heavy atom. The standard InChI is InChI=1S/C11H14N2O2/c1-3-13-9-5-4-8(7(2)12)6-10(9)15-11(13)14/h4-7H,3,12H2,1-2H3. The Morgan fingerprint density at radius 1 is 1.53 bits per heavy atom. The van der Waals surface area contributed by atoms with Gasteiger partial charge in [0.2, 0.25) is 0 Å². The third-order valence-corrected chi connectivity index (χ3v) is 2.53. The molecule has 1 unspecified atom stereocenters. The fourth-order valence-corrected chi connectivity index (χ4v) is 1.67. The van der Waals surface area contributed by atoms with Gasteiger partial charge in [-0.1, -0.05) is 6.07 Å². The highest BCUT2D eigenvalue weighted by Gasteiger charge is 2.09. The van der Waals surface area contributed by atoms with Gasteiger partial charge in [0, 0.05) is 12.6 Å². The van der Waals surface area contributed by atoms with Crippen molar-refractivity contribution in [3.8, 4) is 0 Å². The molecule has 0 saturated heterocycles. The van der Waals surface area contributed by atoms with E-state index >= 15 is 0 Å². The van der Waals surface area contributed by atoms with Crippen molar-refractivity contribution in [2.75, 3.05) is 0 Å². The summed E-state index contributed by atoms with van der Waals surface area (Å²) in [5, 5.41) is 0. The van der Waals surface area contributed by atoms with E-state index in [2.05, 4.69) is 0 Å². The van der Waals surface area contributed by atoms with Gasteiger partial charge in [-0.3, -0.25) is 4.57 Å². The van der Waals surface area contributed by atoms with E-state index in [0.29, 0.717) is 12.1 Å². The molecule has 2 N–H and O–H groups in total. The second kappa shape index (κ2) is 3.55. The van der Waals surface area contributed by atoms with E-state index < -0.39 is 0 Å². The number of rotatable bonds is 2. The second-order valence-electron chi connectivity index (χ2n) is 3.63. The minimum absolute atomic E-state index is 0.0512. The first-order valence-corrected chi connectivity index (χ1v) is 5.02. The third-order valence-electron chi connectivity index (χ3n) is 2.53. The molecule has 2 aromatic rings. The zero-order valence-electron chi connectivity index (χ0n) is 8.86. The number of fused-ring (bicyclic) bond motifs is 1. The predicted molar refractivity (Wildman–Crippen MR) is 58.8 cm³/mol. The number of aromatic nitrogens is 1. The van der Waals surface area contributed by atoms with Crippen LogP contribution in [0.2, 0.25) is 0 Å². The lowest BCUT2D eigenvalue weighted by atomic mass is 10.1. The molecule has 1 atom stereocenters. The van der Waals surface area contributed by atoms with Crippen LogP contribution in [-0.4, -0.2) is 4.57 Å². The van der Waals surface area contributed by atoms with Gasteiger partial charge in [-0.2, -0.15) is 0 Å². The quantitative estimate of drug-likeness (QED) is 0.812. The van der Waals surface area contributed by atoms with Gasteiger partial charge < -0.3 is 10.2 Å². The average molecular weight is 206 g/mol. The maximum absolute atomic E-state index is 11.4. The van der Waals surface area contributed by atoms with E-state index in [0.717, 1.165) is 11.1 Å². The molecule has 1 aromatic carbocycles. The van der Waals surface area contributed by atoms with Gasteiger partial charge in [-0.15, -0.1) is 0 Å². The molecule has 4 heteroatoms. The molecule has 1 aromatic heterocycles. The Bertz CT molecular complexity index is 537. The van der Waals surface area contributed by atoms with Gasteiger partial charge in [-0.25, -0.2) is 4.79 Å². The van der Waals surface area contributed by atoms with Crippen LogP contribution in [-0.2, 0) is 6.54 Å². The van der Waals surface area contributed by atoms with Crippen molar-refractivity contribution in [2.45, 2.75) is 26.4 Å². The number of nitrogens with zero attached hydrogens (tertiary/aromatic N) is 1. The van der Waals surface area contributed by atoms with E-state index in [1.807, 2.05) is 32.0 Å². The van der Waals surface area contributed by atoms with Crippen LogP contribution in [0.5, 0.6) is 0 Å². The number of nitrogens with two attached hydrogens (primary N) is 1. The monoisotopic (exact) mass is 206 g/mol. The van der Waals surface area contributed by atoms with Gasteiger partial charge in [0.1, 0.15) is 0 Å². The van der Waals surface area contributed by atoms with Crippen LogP contribution in [0.25, 0.3) is 11.1 Å². The first-order valence-electron chi connectivity index (χ1n) is 5.02. The normalized spacial score (nSPS) is 13.3. The predicted octanol–water partition coefficient (Wildman–Crippen LogP) is 1.63. The van der Waals surface area contributed by atoms with Crippen molar-refractivity contribution in [1.82, 2.24) is 4.57 Å². The van der Waals surface area contributed by atoms with E-state index in [1.165, 1.54) is 0 Å². The summed E-state index contributed by atoms with van der Waals surface area (Å²) in [7, 11) is 0. The molecule has 2 rings (SSSR count). The summed E-state index contributed by atoms with van der Waals surface area (Å²) in [6.45, 7) is 4.43. The van der Waals surface area contributed by atoms with Crippen LogP contribution in [0.3, 0.4) is 0 Å². The zero-order chi connectivity index (χ0) is 11.0. The lowest BCUT2D eigenvalue weighted by Crippen LogP contribution is -2.12. The number of oxazole rings is 1. The van der Waals surface area contributed by atoms with Crippen LogP contribution in [0.4, 0.5) is 0 Å². The third kappa shape index (κ3) is 1.57. The molecule has 1 heterocycles. The van der Waals surface area contributed by atoms with Crippen LogP contribution in [0.15, 0.2) is 27.4 Å². The summed E-state index contributed by atoms with van der Waals surface area (Å²) in [5.41, 5.74) is 8.16. The Balaban J connectivity index is 2.70. The SMILES string of the molecule is CCn1c(=O)oc2cc(C(C)N)ccc21. The molecule has 0 bridgehead atoms. The molecule has 0 amide bonds. The van der Waals surface area contributed by atoms with Crippen molar-refractivity contribution in [3.63, 3.8) is 0 Å². The van der Waals surface area contributed by atoms with Crippen molar-refractivity contribution in [3.05, 3.63) is 34.3 Å². The smallest absolute Gasteiger partial charge is 0.408 e. The number of benzene rings is 1. The van der Waals surface area contributed by atoms with Crippen molar-refractivity contribution < 1.29 is 4.42 Å². The van der Waals surface area contributed by atoms with Crippen molar-refractivity contribution in [2.24, 2.45) is 5.73 Å². The number of hydrogen-bond donors (Lipinski definition) is 1. The highest BCUT2D eigenvalue weighted by molar-refractivity contribution is 5.73. The maximum Gasteiger partial charge on any atom is 0.419 e. The Morgan fingerprint density at radius 3 is 2.87 bits per heavy atom. The van der Waals surface area contributed by atoms with Gasteiger partial charge >= 0.3 is 5.76 Å². The Hall–Kier alpha value is -1.55. The first kappa shape index (κ1) is 9.98. The molecule has 4 nitrogen and oxygen atoms in total. The van der Waals surface area contributed by atoms with Crippen LogP contribution < -0.4 is 11.5 Å². The summed E-state index contributed by atoms with van der Waals surface area (Å²) >= 11 is 0. The minimum atomic E-state index is -0.311. The summed E-state index contributed by atoms with van der Waals surface area (Å²) in [6.07, 6.45) is 0. The van der Waals surface area contributed by atoms with Crippen molar-refractivity contribution >= 4 is 11.1 Å². The first-order chi connectivity index (χ1) is 7.13. The lowest BCUT2D eigenvalue weighted by Gasteiger charge is -2.04. The zero-order valence-corrected chi connectivity index (χ0v) is 8.86. The van der Waals surface area contributed by atoms with Crippen molar-refractivity contribution in [1.29, 1.82) is 0 Å². The number of hydrogen-bond acceptors (Lipinski definition) is 3. The van der Waals surface area contributed by atoms with Crippen LogP contribution in [0, 0.1) is 0 Å². The molecule has 0 saturated carbocycles. The van der Waals surface area contributed by atoms with Gasteiger partial charge in [0.05, 0.1) is 5.52 Å². The van der Waals surface area contributed by atoms with Gasteiger partial charge in [0.25, 0.3) is 0 Å². The topological polar surface area (TPSA) is 61.2 Å². The summed E-state index contributed by atoms with van der Waals surface area (Å²) in [4.78, 5) is 11.4. The summed E-state index contributed by atoms with van der Waals surface area (Å²) in [6, 6.07) is 5.58. The van der Waals surface area contributed by atoms with Crippen LogP contribution in [0.1, 0.15) is 25.5 Å². The van der Waals surface area contributed by atoms with Crippen LogP contribution >= 0.6 is 0 Å². The fraction of sp³-hybridized carbons (Fsp3) is 0.364. The minimum Gasteiger partial charge on any atom is -0.408 e. The molecule has 0 spiro atoms. The lowest BCUT2D eigenvalue weighted by molar-refractivity contribution is 0.513. The van der Waals surface area contributed by atoms with E-state index in [4.69, 9.17) is 10.2 Å². The molecule has 0 fully saturated rings. The Labute approximate surface area is 87.3 Å². The van der Waals surface area contributed by atoms with Gasteiger partial charge in [-0.05, 0) is 31.5 Å². The fourth-order valence-electron chi connectivity index (χ4n) is 1.67. The molecular weight excluding hydrogens is 192 g/mol. The molecule has 0 aliphatic heterocycles. The molecule has 0 radical (unpaired) electrons. The highest BCUT2D eigenvalue weighted by atomic mass is 16.4. The molecule has 0 aliphatic rings. The van der Waals surface area contributed by atoms with Gasteiger partial charge in [0.15, 0.2) is 5.58 Å².